The molecule has 7 heteroatoms. The van der Waals surface area contributed by atoms with Crippen LogP contribution in [0.5, 0.6) is 5.75 Å². The number of carbonyl (C=O) groups is 1. The summed E-state index contributed by atoms with van der Waals surface area (Å²) in [5, 5.41) is 11.3. The second-order valence-electron chi connectivity index (χ2n) is 6.48. The van der Waals surface area contributed by atoms with E-state index >= 15 is 0 Å². The number of hydrogen-bond acceptors (Lipinski definition) is 4. The van der Waals surface area contributed by atoms with Gasteiger partial charge in [0.1, 0.15) is 12.1 Å². The van der Waals surface area contributed by atoms with Gasteiger partial charge in [0.15, 0.2) is 5.82 Å². The number of likely N-dealkylation sites (tertiary alicyclic amines) is 1. The summed E-state index contributed by atoms with van der Waals surface area (Å²) in [5.41, 5.74) is 1.74. The molecule has 0 saturated carbocycles. The van der Waals surface area contributed by atoms with Gasteiger partial charge in [0.25, 0.3) is 0 Å². The Morgan fingerprint density at radius 2 is 2.04 bits per heavy atom. The number of hydrogen-bond donors (Lipinski definition) is 1. The molecule has 27 heavy (non-hydrogen) atoms. The summed E-state index contributed by atoms with van der Waals surface area (Å²) >= 11 is 0. The van der Waals surface area contributed by atoms with E-state index < -0.39 is 0 Å². The Morgan fingerprint density at radius 3 is 2.85 bits per heavy atom. The maximum Gasteiger partial charge on any atom is 0.321 e. The van der Waals surface area contributed by atoms with Crippen LogP contribution in [0.1, 0.15) is 12.5 Å². The lowest BCUT2D eigenvalue weighted by molar-refractivity contribution is 0.221. The summed E-state index contributed by atoms with van der Waals surface area (Å²) in [5.74, 6) is 1.54. The number of urea groups is 1. The SMILES string of the molecule is COc1cccc(NC(=O)N2CCC(n3cnnc3-c3ccccc3)C2)c1. The van der Waals surface area contributed by atoms with E-state index in [9.17, 15) is 4.79 Å². The Balaban J connectivity index is 1.45. The normalized spacial score (nSPS) is 16.3. The summed E-state index contributed by atoms with van der Waals surface area (Å²) in [6.45, 7) is 1.31. The van der Waals surface area contributed by atoms with Crippen LogP contribution in [-0.4, -0.2) is 45.9 Å². The first kappa shape index (κ1) is 17.1. The average Bonchev–Trinajstić information content (AvgIpc) is 3.38. The van der Waals surface area contributed by atoms with Crippen molar-refractivity contribution in [2.75, 3.05) is 25.5 Å². The van der Waals surface area contributed by atoms with Crippen LogP contribution in [-0.2, 0) is 0 Å². The lowest BCUT2D eigenvalue weighted by Gasteiger charge is -2.18. The van der Waals surface area contributed by atoms with E-state index in [0.29, 0.717) is 18.8 Å². The van der Waals surface area contributed by atoms with Gasteiger partial charge in [0.2, 0.25) is 0 Å². The number of methoxy groups -OCH3 is 1. The Hall–Kier alpha value is -3.35. The zero-order valence-electron chi connectivity index (χ0n) is 15.1. The van der Waals surface area contributed by atoms with E-state index in [-0.39, 0.29) is 12.1 Å². The topological polar surface area (TPSA) is 72.3 Å². The molecule has 138 valence electrons. The fourth-order valence-electron chi connectivity index (χ4n) is 3.36. The lowest BCUT2D eigenvalue weighted by atomic mass is 10.2. The first-order chi connectivity index (χ1) is 13.2. The van der Waals surface area contributed by atoms with Crippen molar-refractivity contribution in [2.24, 2.45) is 0 Å². The zero-order valence-corrected chi connectivity index (χ0v) is 15.1. The third-order valence-electron chi connectivity index (χ3n) is 4.77. The standard InChI is InChI=1S/C20H21N5O2/c1-27-18-9-5-8-16(12-18)22-20(26)24-11-10-17(13-24)25-14-21-23-19(25)15-6-3-2-4-7-15/h2-9,12,14,17H,10-11,13H2,1H3,(H,22,26). The van der Waals surface area contributed by atoms with E-state index in [2.05, 4.69) is 20.1 Å². The molecule has 1 saturated heterocycles. The number of aromatic nitrogens is 3. The molecule has 1 aliphatic heterocycles. The van der Waals surface area contributed by atoms with E-state index in [1.165, 1.54) is 0 Å². The number of carbonyl (C=O) groups excluding carboxylic acids is 1. The Kier molecular flexibility index (Phi) is 4.74. The van der Waals surface area contributed by atoms with Gasteiger partial charge in [-0.15, -0.1) is 10.2 Å². The van der Waals surface area contributed by atoms with Crippen molar-refractivity contribution >= 4 is 11.7 Å². The van der Waals surface area contributed by atoms with Crippen molar-refractivity contribution in [1.82, 2.24) is 19.7 Å². The number of ether oxygens (including phenoxy) is 1. The molecule has 4 rings (SSSR count). The van der Waals surface area contributed by atoms with Crippen molar-refractivity contribution in [2.45, 2.75) is 12.5 Å². The van der Waals surface area contributed by atoms with Crippen LogP contribution in [0, 0.1) is 0 Å². The molecule has 3 aromatic rings. The van der Waals surface area contributed by atoms with Crippen molar-refractivity contribution in [3.05, 3.63) is 60.9 Å². The number of nitrogens with one attached hydrogen (secondary N) is 1. The second kappa shape index (κ2) is 7.49. The highest BCUT2D eigenvalue weighted by atomic mass is 16.5. The first-order valence-corrected chi connectivity index (χ1v) is 8.89. The molecule has 1 aromatic heterocycles. The van der Waals surface area contributed by atoms with Crippen LogP contribution < -0.4 is 10.1 Å². The molecule has 7 nitrogen and oxygen atoms in total. The Morgan fingerprint density at radius 1 is 1.19 bits per heavy atom. The highest BCUT2D eigenvalue weighted by Crippen LogP contribution is 2.27. The Bertz CT molecular complexity index is 925. The second-order valence-corrected chi connectivity index (χ2v) is 6.48. The van der Waals surface area contributed by atoms with Gasteiger partial charge in [0.05, 0.1) is 13.2 Å². The van der Waals surface area contributed by atoms with Crippen LogP contribution in [0.4, 0.5) is 10.5 Å². The molecule has 0 bridgehead atoms. The van der Waals surface area contributed by atoms with Crippen LogP contribution in [0.3, 0.4) is 0 Å². The highest BCUT2D eigenvalue weighted by molar-refractivity contribution is 5.89. The molecule has 2 heterocycles. The van der Waals surface area contributed by atoms with Gasteiger partial charge >= 0.3 is 6.03 Å². The van der Waals surface area contributed by atoms with Crippen LogP contribution in [0.15, 0.2) is 60.9 Å². The first-order valence-electron chi connectivity index (χ1n) is 8.89. The molecule has 0 radical (unpaired) electrons. The minimum atomic E-state index is -0.111. The molecule has 0 spiro atoms. The highest BCUT2D eigenvalue weighted by Gasteiger charge is 2.29. The van der Waals surface area contributed by atoms with Gasteiger partial charge in [-0.25, -0.2) is 4.79 Å². The number of amides is 2. The quantitative estimate of drug-likeness (QED) is 0.771. The van der Waals surface area contributed by atoms with Crippen LogP contribution in [0.25, 0.3) is 11.4 Å². The molecule has 1 aliphatic rings. The summed E-state index contributed by atoms with van der Waals surface area (Å²) in [7, 11) is 1.61. The molecule has 0 aliphatic carbocycles. The molecular weight excluding hydrogens is 342 g/mol. The van der Waals surface area contributed by atoms with Crippen LogP contribution >= 0.6 is 0 Å². The molecule has 1 N–H and O–H groups in total. The van der Waals surface area contributed by atoms with Crippen molar-refractivity contribution in [3.63, 3.8) is 0 Å². The van der Waals surface area contributed by atoms with Crippen LogP contribution in [0.2, 0.25) is 0 Å². The van der Waals surface area contributed by atoms with E-state index in [4.69, 9.17) is 4.74 Å². The smallest absolute Gasteiger partial charge is 0.321 e. The average molecular weight is 363 g/mol. The number of anilines is 1. The summed E-state index contributed by atoms with van der Waals surface area (Å²) in [6.07, 6.45) is 2.61. The third-order valence-corrected chi connectivity index (χ3v) is 4.77. The predicted molar refractivity (Wildman–Crippen MR) is 103 cm³/mol. The minimum Gasteiger partial charge on any atom is -0.497 e. The third kappa shape index (κ3) is 3.62. The summed E-state index contributed by atoms with van der Waals surface area (Å²) in [4.78, 5) is 14.4. The van der Waals surface area contributed by atoms with Crippen molar-refractivity contribution in [3.8, 4) is 17.1 Å². The molecule has 2 amide bonds. The maximum absolute atomic E-state index is 12.6. The van der Waals surface area contributed by atoms with E-state index in [1.54, 1.807) is 19.5 Å². The number of benzene rings is 2. The number of nitrogens with zero attached hydrogens (tertiary/aromatic N) is 4. The minimum absolute atomic E-state index is 0.111. The van der Waals surface area contributed by atoms with Gasteiger partial charge in [-0.1, -0.05) is 36.4 Å². The van der Waals surface area contributed by atoms with Gasteiger partial charge in [0, 0.05) is 30.4 Å². The fraction of sp³-hybridized carbons (Fsp3) is 0.250. The lowest BCUT2D eigenvalue weighted by Crippen LogP contribution is -2.33. The molecule has 1 unspecified atom stereocenters. The molecular formula is C20H21N5O2. The monoisotopic (exact) mass is 363 g/mol. The van der Waals surface area contributed by atoms with Gasteiger partial charge < -0.3 is 19.5 Å². The molecule has 1 atom stereocenters. The Labute approximate surface area is 157 Å². The van der Waals surface area contributed by atoms with Gasteiger partial charge in [-0.3, -0.25) is 0 Å². The fourth-order valence-corrected chi connectivity index (χ4v) is 3.36. The van der Waals surface area contributed by atoms with Gasteiger partial charge in [-0.2, -0.15) is 0 Å². The van der Waals surface area contributed by atoms with E-state index in [1.807, 2.05) is 53.4 Å². The number of rotatable bonds is 4. The maximum atomic E-state index is 12.6. The zero-order chi connectivity index (χ0) is 18.6. The van der Waals surface area contributed by atoms with E-state index in [0.717, 1.165) is 23.5 Å². The summed E-state index contributed by atoms with van der Waals surface area (Å²) in [6, 6.07) is 17.4. The molecule has 2 aromatic carbocycles. The summed E-state index contributed by atoms with van der Waals surface area (Å²) < 4.78 is 7.26. The molecule has 1 fully saturated rings. The van der Waals surface area contributed by atoms with Crippen molar-refractivity contribution in [1.29, 1.82) is 0 Å². The van der Waals surface area contributed by atoms with Crippen molar-refractivity contribution < 1.29 is 9.53 Å². The van der Waals surface area contributed by atoms with Gasteiger partial charge in [-0.05, 0) is 18.6 Å². The predicted octanol–water partition coefficient (Wildman–Crippen LogP) is 3.43. The largest absolute Gasteiger partial charge is 0.497 e.